The van der Waals surface area contributed by atoms with Crippen LogP contribution >= 0.6 is 11.8 Å². The lowest BCUT2D eigenvalue weighted by Crippen LogP contribution is -1.91. The summed E-state index contributed by atoms with van der Waals surface area (Å²) in [5, 5.41) is 19.4. The summed E-state index contributed by atoms with van der Waals surface area (Å²) < 4.78 is 0. The minimum Gasteiger partial charge on any atom is -0.508 e. The van der Waals surface area contributed by atoms with E-state index < -0.39 is 0 Å². The molecule has 0 radical (unpaired) electrons. The fourth-order valence-corrected chi connectivity index (χ4v) is 2.09. The predicted molar refractivity (Wildman–Crippen MR) is 53.6 cm³/mol. The lowest BCUT2D eigenvalue weighted by atomic mass is 10.2. The lowest BCUT2D eigenvalue weighted by molar-refractivity contribution is 0.450. The van der Waals surface area contributed by atoms with Gasteiger partial charge in [0.2, 0.25) is 0 Å². The van der Waals surface area contributed by atoms with Gasteiger partial charge in [0.15, 0.2) is 0 Å². The zero-order valence-corrected chi connectivity index (χ0v) is 7.71. The van der Waals surface area contributed by atoms with E-state index in [9.17, 15) is 5.11 Å². The molecule has 1 aliphatic heterocycles. The molecule has 0 saturated carbocycles. The second-order valence-corrected chi connectivity index (χ2v) is 3.82. The van der Waals surface area contributed by atoms with Gasteiger partial charge in [-0.05, 0) is 12.1 Å². The standard InChI is InChI=1S/C9H9NO2S/c11-6-1-2-7(8(12)5-6)9-10-3-4-13-9/h1-2,5,11-12H,3-4H2. The number of rotatable bonds is 1. The molecule has 68 valence electrons. The number of benzene rings is 1. The molecule has 0 atom stereocenters. The summed E-state index contributed by atoms with van der Waals surface area (Å²) in [7, 11) is 0. The van der Waals surface area contributed by atoms with E-state index in [4.69, 9.17) is 5.11 Å². The molecule has 13 heavy (non-hydrogen) atoms. The van der Waals surface area contributed by atoms with E-state index in [1.165, 1.54) is 6.07 Å². The van der Waals surface area contributed by atoms with Gasteiger partial charge in [0.25, 0.3) is 0 Å². The Bertz CT molecular complexity index is 363. The number of aromatic hydroxyl groups is 2. The highest BCUT2D eigenvalue weighted by atomic mass is 32.2. The first-order chi connectivity index (χ1) is 6.27. The third kappa shape index (κ3) is 1.62. The van der Waals surface area contributed by atoms with Crippen LogP contribution in [0.1, 0.15) is 5.56 Å². The molecule has 0 saturated heterocycles. The summed E-state index contributed by atoms with van der Waals surface area (Å²) in [5.41, 5.74) is 0.709. The maximum atomic E-state index is 9.50. The zero-order valence-electron chi connectivity index (χ0n) is 6.90. The second-order valence-electron chi connectivity index (χ2n) is 2.74. The first-order valence-corrected chi connectivity index (χ1v) is 4.95. The van der Waals surface area contributed by atoms with Crippen LogP contribution in [-0.2, 0) is 0 Å². The molecule has 0 aliphatic carbocycles. The van der Waals surface area contributed by atoms with Gasteiger partial charge in [-0.25, -0.2) is 0 Å². The lowest BCUT2D eigenvalue weighted by Gasteiger charge is -2.03. The SMILES string of the molecule is Oc1ccc(C2=NCCS2)c(O)c1. The van der Waals surface area contributed by atoms with E-state index in [-0.39, 0.29) is 11.5 Å². The number of thioether (sulfide) groups is 1. The summed E-state index contributed by atoms with van der Waals surface area (Å²) in [5.74, 6) is 1.13. The van der Waals surface area contributed by atoms with E-state index in [0.717, 1.165) is 17.3 Å². The topological polar surface area (TPSA) is 52.8 Å². The molecule has 3 nitrogen and oxygen atoms in total. The van der Waals surface area contributed by atoms with Crippen molar-refractivity contribution < 1.29 is 10.2 Å². The van der Waals surface area contributed by atoms with E-state index in [1.807, 2.05) is 0 Å². The third-order valence-corrected chi connectivity index (χ3v) is 2.81. The van der Waals surface area contributed by atoms with Crippen molar-refractivity contribution in [3.8, 4) is 11.5 Å². The van der Waals surface area contributed by atoms with Gasteiger partial charge >= 0.3 is 0 Å². The van der Waals surface area contributed by atoms with E-state index in [1.54, 1.807) is 23.9 Å². The van der Waals surface area contributed by atoms with Crippen molar-refractivity contribution >= 4 is 16.8 Å². The van der Waals surface area contributed by atoms with Gasteiger partial charge in [-0.3, -0.25) is 4.99 Å². The number of nitrogens with zero attached hydrogens (tertiary/aromatic N) is 1. The maximum absolute atomic E-state index is 9.50. The van der Waals surface area contributed by atoms with E-state index in [0.29, 0.717) is 5.56 Å². The van der Waals surface area contributed by atoms with Gasteiger partial charge in [0, 0.05) is 23.9 Å². The van der Waals surface area contributed by atoms with Crippen molar-refractivity contribution in [2.75, 3.05) is 12.3 Å². The third-order valence-electron chi connectivity index (χ3n) is 1.80. The summed E-state index contributed by atoms with van der Waals surface area (Å²) >= 11 is 1.62. The highest BCUT2D eigenvalue weighted by Crippen LogP contribution is 2.28. The van der Waals surface area contributed by atoms with Crippen molar-refractivity contribution in [2.24, 2.45) is 4.99 Å². The van der Waals surface area contributed by atoms with Crippen molar-refractivity contribution in [3.63, 3.8) is 0 Å². The van der Waals surface area contributed by atoms with Crippen LogP contribution in [0.15, 0.2) is 23.2 Å². The first-order valence-electron chi connectivity index (χ1n) is 3.97. The molecule has 0 spiro atoms. The Labute approximate surface area is 80.1 Å². The Morgan fingerprint density at radius 2 is 2.15 bits per heavy atom. The molecular weight excluding hydrogens is 186 g/mol. The number of aliphatic imine (C=N–C) groups is 1. The second kappa shape index (κ2) is 3.30. The minimum atomic E-state index is 0.0739. The number of hydrogen-bond acceptors (Lipinski definition) is 4. The largest absolute Gasteiger partial charge is 0.508 e. The fraction of sp³-hybridized carbons (Fsp3) is 0.222. The average molecular weight is 195 g/mol. The molecule has 0 bridgehead atoms. The molecule has 1 aliphatic rings. The molecular formula is C9H9NO2S. The smallest absolute Gasteiger partial charge is 0.129 e. The van der Waals surface area contributed by atoms with Crippen LogP contribution in [-0.4, -0.2) is 27.6 Å². The summed E-state index contributed by atoms with van der Waals surface area (Å²) in [4.78, 5) is 4.23. The summed E-state index contributed by atoms with van der Waals surface area (Å²) in [6.45, 7) is 0.806. The highest BCUT2D eigenvalue weighted by Gasteiger charge is 2.13. The van der Waals surface area contributed by atoms with Gasteiger partial charge in [-0.2, -0.15) is 0 Å². The Balaban J connectivity index is 2.40. The minimum absolute atomic E-state index is 0.0739. The Morgan fingerprint density at radius 3 is 2.77 bits per heavy atom. The van der Waals surface area contributed by atoms with Crippen LogP contribution in [0.3, 0.4) is 0 Å². The highest BCUT2D eigenvalue weighted by molar-refractivity contribution is 8.14. The van der Waals surface area contributed by atoms with Gasteiger partial charge in [0.1, 0.15) is 16.5 Å². The maximum Gasteiger partial charge on any atom is 0.129 e. The summed E-state index contributed by atoms with van der Waals surface area (Å²) in [6, 6.07) is 4.56. The van der Waals surface area contributed by atoms with Crippen molar-refractivity contribution in [2.45, 2.75) is 0 Å². The van der Waals surface area contributed by atoms with Crippen LogP contribution in [0.5, 0.6) is 11.5 Å². The molecule has 1 aromatic rings. The molecule has 1 heterocycles. The monoisotopic (exact) mass is 195 g/mol. The van der Waals surface area contributed by atoms with Crippen LogP contribution in [0.25, 0.3) is 0 Å². The molecule has 4 heteroatoms. The molecule has 2 rings (SSSR count). The quantitative estimate of drug-likeness (QED) is 0.715. The Morgan fingerprint density at radius 1 is 1.31 bits per heavy atom. The van der Waals surface area contributed by atoms with Crippen LogP contribution in [0.4, 0.5) is 0 Å². The van der Waals surface area contributed by atoms with Gasteiger partial charge in [-0.1, -0.05) is 0 Å². The van der Waals surface area contributed by atoms with Gasteiger partial charge in [-0.15, -0.1) is 11.8 Å². The average Bonchev–Trinajstić information content (AvgIpc) is 2.56. The van der Waals surface area contributed by atoms with Crippen molar-refractivity contribution in [1.82, 2.24) is 0 Å². The first kappa shape index (κ1) is 8.44. The van der Waals surface area contributed by atoms with Gasteiger partial charge in [0.05, 0.1) is 0 Å². The van der Waals surface area contributed by atoms with Crippen molar-refractivity contribution in [3.05, 3.63) is 23.8 Å². The molecule has 2 N–H and O–H groups in total. The van der Waals surface area contributed by atoms with E-state index >= 15 is 0 Å². The van der Waals surface area contributed by atoms with Crippen LogP contribution in [0, 0.1) is 0 Å². The van der Waals surface area contributed by atoms with Gasteiger partial charge < -0.3 is 10.2 Å². The Kier molecular flexibility index (Phi) is 2.14. The fourth-order valence-electron chi connectivity index (χ4n) is 1.20. The van der Waals surface area contributed by atoms with Crippen LogP contribution in [0.2, 0.25) is 0 Å². The summed E-state index contributed by atoms with van der Waals surface area (Å²) in [6.07, 6.45) is 0. The molecule has 0 fully saturated rings. The van der Waals surface area contributed by atoms with E-state index in [2.05, 4.69) is 4.99 Å². The number of phenols is 2. The molecule has 1 aromatic carbocycles. The normalized spacial score (nSPS) is 15.8. The Hall–Kier alpha value is -1.16. The molecule has 0 amide bonds. The zero-order chi connectivity index (χ0) is 9.26. The number of hydrogen-bond donors (Lipinski definition) is 2. The molecule has 0 unspecified atom stereocenters. The number of phenolic OH excluding ortho intramolecular Hbond substituents is 2. The van der Waals surface area contributed by atoms with Crippen molar-refractivity contribution in [1.29, 1.82) is 0 Å². The molecule has 0 aromatic heterocycles. The predicted octanol–water partition coefficient (Wildman–Crippen LogP) is 1.59. The van der Waals surface area contributed by atoms with Crippen LogP contribution < -0.4 is 0 Å².